The second-order valence-corrected chi connectivity index (χ2v) is 5.43. The van der Waals surface area contributed by atoms with Gasteiger partial charge in [-0.1, -0.05) is 72.8 Å². The molecule has 1 heteroatoms. The molecule has 0 aliphatic carbocycles. The SMILES string of the molecule is C1=CC(Cc2ccccc2)N(Cc2ccccc2)CC1. The third-order valence-electron chi connectivity index (χ3n) is 3.93. The Morgan fingerprint density at radius 1 is 0.850 bits per heavy atom. The maximum Gasteiger partial charge on any atom is 0.0322 e. The van der Waals surface area contributed by atoms with Crippen LogP contribution in [0.15, 0.2) is 72.8 Å². The summed E-state index contributed by atoms with van der Waals surface area (Å²) in [4.78, 5) is 2.59. The van der Waals surface area contributed by atoms with E-state index >= 15 is 0 Å². The molecule has 0 radical (unpaired) electrons. The fourth-order valence-electron chi connectivity index (χ4n) is 2.85. The van der Waals surface area contributed by atoms with E-state index in [0.717, 1.165) is 25.9 Å². The van der Waals surface area contributed by atoms with E-state index in [4.69, 9.17) is 0 Å². The van der Waals surface area contributed by atoms with Gasteiger partial charge in [-0.2, -0.15) is 0 Å². The first kappa shape index (κ1) is 13.1. The lowest BCUT2D eigenvalue weighted by atomic mass is 10.0. The molecular weight excluding hydrogens is 242 g/mol. The van der Waals surface area contributed by atoms with E-state index in [1.807, 2.05) is 0 Å². The van der Waals surface area contributed by atoms with Gasteiger partial charge < -0.3 is 0 Å². The van der Waals surface area contributed by atoms with Crippen molar-refractivity contribution in [1.82, 2.24) is 4.90 Å². The van der Waals surface area contributed by atoms with Gasteiger partial charge in [0.15, 0.2) is 0 Å². The average Bonchev–Trinajstić information content (AvgIpc) is 2.51. The Bertz CT molecular complexity index is 544. The molecule has 20 heavy (non-hydrogen) atoms. The summed E-state index contributed by atoms with van der Waals surface area (Å²) in [6, 6.07) is 22.1. The Morgan fingerprint density at radius 3 is 2.20 bits per heavy atom. The topological polar surface area (TPSA) is 3.24 Å². The van der Waals surface area contributed by atoms with E-state index in [1.165, 1.54) is 11.1 Å². The zero-order chi connectivity index (χ0) is 13.6. The molecule has 0 fully saturated rings. The standard InChI is InChI=1S/C19H21N/c1-3-9-17(10-4-1)15-19-13-7-8-14-20(19)16-18-11-5-2-6-12-18/h1-7,9-13,19H,8,14-16H2. The molecule has 102 valence electrons. The fraction of sp³-hybridized carbons (Fsp3) is 0.263. The number of nitrogens with zero attached hydrogens (tertiary/aromatic N) is 1. The van der Waals surface area contributed by atoms with Crippen LogP contribution in [0.2, 0.25) is 0 Å². The minimum Gasteiger partial charge on any atom is -0.292 e. The second-order valence-electron chi connectivity index (χ2n) is 5.43. The largest absolute Gasteiger partial charge is 0.292 e. The molecule has 1 unspecified atom stereocenters. The van der Waals surface area contributed by atoms with E-state index in [1.54, 1.807) is 0 Å². The molecule has 0 amide bonds. The van der Waals surface area contributed by atoms with Gasteiger partial charge in [-0.25, -0.2) is 0 Å². The molecule has 1 aliphatic heterocycles. The number of hydrogen-bond donors (Lipinski definition) is 0. The molecule has 2 aromatic rings. The quantitative estimate of drug-likeness (QED) is 0.752. The summed E-state index contributed by atoms with van der Waals surface area (Å²) in [6.07, 6.45) is 6.97. The van der Waals surface area contributed by atoms with Gasteiger partial charge in [-0.15, -0.1) is 0 Å². The minimum atomic E-state index is 0.520. The molecule has 2 aromatic carbocycles. The lowest BCUT2D eigenvalue weighted by Gasteiger charge is -2.32. The Kier molecular flexibility index (Phi) is 4.29. The van der Waals surface area contributed by atoms with Gasteiger partial charge in [0, 0.05) is 19.1 Å². The third-order valence-corrected chi connectivity index (χ3v) is 3.93. The summed E-state index contributed by atoms with van der Waals surface area (Å²) >= 11 is 0. The van der Waals surface area contributed by atoms with Crippen LogP contribution in [0.5, 0.6) is 0 Å². The van der Waals surface area contributed by atoms with Crippen molar-refractivity contribution in [1.29, 1.82) is 0 Å². The molecule has 1 heterocycles. The first-order valence-electron chi connectivity index (χ1n) is 7.40. The normalized spacial score (nSPS) is 19.1. The third kappa shape index (κ3) is 3.37. The number of benzene rings is 2. The van der Waals surface area contributed by atoms with Gasteiger partial charge in [0.05, 0.1) is 0 Å². The van der Waals surface area contributed by atoms with Crippen LogP contribution in [0.1, 0.15) is 17.5 Å². The summed E-state index contributed by atoms with van der Waals surface area (Å²) in [5.41, 5.74) is 2.82. The highest BCUT2D eigenvalue weighted by molar-refractivity contribution is 5.20. The summed E-state index contributed by atoms with van der Waals surface area (Å²) in [6.45, 7) is 2.20. The van der Waals surface area contributed by atoms with Gasteiger partial charge >= 0.3 is 0 Å². The zero-order valence-electron chi connectivity index (χ0n) is 11.8. The van der Waals surface area contributed by atoms with Gasteiger partial charge in [0.25, 0.3) is 0 Å². The minimum absolute atomic E-state index is 0.520. The highest BCUT2D eigenvalue weighted by Gasteiger charge is 2.18. The van der Waals surface area contributed by atoms with Crippen molar-refractivity contribution in [3.05, 3.63) is 83.9 Å². The van der Waals surface area contributed by atoms with Crippen molar-refractivity contribution >= 4 is 0 Å². The molecule has 1 atom stereocenters. The number of rotatable bonds is 4. The Labute approximate surface area is 121 Å². The Morgan fingerprint density at radius 2 is 1.50 bits per heavy atom. The highest BCUT2D eigenvalue weighted by Crippen LogP contribution is 2.18. The summed E-state index contributed by atoms with van der Waals surface area (Å²) in [5, 5.41) is 0. The average molecular weight is 263 g/mol. The van der Waals surface area contributed by atoms with Gasteiger partial charge in [0.2, 0.25) is 0 Å². The van der Waals surface area contributed by atoms with Crippen LogP contribution in [0.3, 0.4) is 0 Å². The molecule has 0 spiro atoms. The van der Waals surface area contributed by atoms with E-state index in [2.05, 4.69) is 77.7 Å². The molecule has 0 bridgehead atoms. The fourth-order valence-corrected chi connectivity index (χ4v) is 2.85. The van der Waals surface area contributed by atoms with E-state index < -0.39 is 0 Å². The molecule has 0 N–H and O–H groups in total. The van der Waals surface area contributed by atoms with E-state index in [9.17, 15) is 0 Å². The number of hydrogen-bond acceptors (Lipinski definition) is 1. The first-order chi connectivity index (χ1) is 9.92. The Hall–Kier alpha value is -1.86. The van der Waals surface area contributed by atoms with Crippen LogP contribution in [0.25, 0.3) is 0 Å². The van der Waals surface area contributed by atoms with Crippen LogP contribution in [-0.4, -0.2) is 17.5 Å². The van der Waals surface area contributed by atoms with Gasteiger partial charge in [0.1, 0.15) is 0 Å². The van der Waals surface area contributed by atoms with Crippen molar-refractivity contribution in [2.75, 3.05) is 6.54 Å². The molecule has 1 nitrogen and oxygen atoms in total. The lowest BCUT2D eigenvalue weighted by molar-refractivity contribution is 0.213. The van der Waals surface area contributed by atoms with Crippen molar-refractivity contribution in [2.45, 2.75) is 25.4 Å². The summed E-state index contributed by atoms with van der Waals surface area (Å²) in [7, 11) is 0. The highest BCUT2D eigenvalue weighted by atomic mass is 15.2. The van der Waals surface area contributed by atoms with Crippen LogP contribution in [-0.2, 0) is 13.0 Å². The lowest BCUT2D eigenvalue weighted by Crippen LogP contribution is -2.37. The zero-order valence-corrected chi connectivity index (χ0v) is 11.8. The van der Waals surface area contributed by atoms with Gasteiger partial charge in [-0.05, 0) is 24.0 Å². The molecule has 3 rings (SSSR count). The van der Waals surface area contributed by atoms with Crippen LogP contribution in [0, 0.1) is 0 Å². The van der Waals surface area contributed by atoms with E-state index in [-0.39, 0.29) is 0 Å². The molecular formula is C19H21N. The predicted molar refractivity (Wildman–Crippen MR) is 84.5 cm³/mol. The second kappa shape index (κ2) is 6.53. The maximum absolute atomic E-state index is 2.59. The monoisotopic (exact) mass is 263 g/mol. The summed E-state index contributed by atoms with van der Waals surface area (Å²) in [5.74, 6) is 0. The summed E-state index contributed by atoms with van der Waals surface area (Å²) < 4.78 is 0. The van der Waals surface area contributed by atoms with Crippen molar-refractivity contribution in [3.63, 3.8) is 0 Å². The van der Waals surface area contributed by atoms with Crippen molar-refractivity contribution < 1.29 is 0 Å². The first-order valence-corrected chi connectivity index (χ1v) is 7.40. The van der Waals surface area contributed by atoms with Crippen molar-refractivity contribution in [2.24, 2.45) is 0 Å². The molecule has 1 aliphatic rings. The smallest absolute Gasteiger partial charge is 0.0322 e. The van der Waals surface area contributed by atoms with Crippen LogP contribution < -0.4 is 0 Å². The van der Waals surface area contributed by atoms with Gasteiger partial charge in [-0.3, -0.25) is 4.90 Å². The van der Waals surface area contributed by atoms with E-state index in [0.29, 0.717) is 6.04 Å². The van der Waals surface area contributed by atoms with Crippen molar-refractivity contribution in [3.8, 4) is 0 Å². The molecule has 0 aromatic heterocycles. The molecule has 0 saturated carbocycles. The predicted octanol–water partition coefficient (Wildman–Crippen LogP) is 4.06. The van der Waals surface area contributed by atoms with Crippen LogP contribution >= 0.6 is 0 Å². The maximum atomic E-state index is 2.59. The van der Waals surface area contributed by atoms with Crippen LogP contribution in [0.4, 0.5) is 0 Å². The molecule has 0 saturated heterocycles. The Balaban J connectivity index is 1.71.